The van der Waals surface area contributed by atoms with E-state index in [2.05, 4.69) is 19.0 Å². The van der Waals surface area contributed by atoms with Gasteiger partial charge in [-0.05, 0) is 30.1 Å². The van der Waals surface area contributed by atoms with Crippen molar-refractivity contribution in [2.24, 2.45) is 10.6 Å². The van der Waals surface area contributed by atoms with Crippen LogP contribution < -0.4 is 0 Å². The van der Waals surface area contributed by atoms with E-state index >= 15 is 0 Å². The number of halogens is 1. The SMILES string of the molecule is CSc1sc(Cl)c2c1/C(=N/O)CC(C)(C)C2. The molecular formula is C11H14ClNOS2. The molecule has 1 aromatic heterocycles. The van der Waals surface area contributed by atoms with Crippen LogP contribution in [0.4, 0.5) is 0 Å². The topological polar surface area (TPSA) is 32.6 Å². The first-order valence-electron chi connectivity index (χ1n) is 5.05. The van der Waals surface area contributed by atoms with Crippen LogP contribution in [0.5, 0.6) is 0 Å². The quantitative estimate of drug-likeness (QED) is 0.471. The first-order chi connectivity index (χ1) is 7.48. The molecule has 5 heteroatoms. The van der Waals surface area contributed by atoms with Crippen LogP contribution in [0.25, 0.3) is 0 Å². The fourth-order valence-corrected chi connectivity index (χ4v) is 4.54. The standard InChI is InChI=1S/C11H14ClNOS2/c1-11(2)4-6-8(7(5-11)13-14)10(15-3)16-9(6)12/h14H,4-5H2,1-3H3/b13-7+. The fraction of sp³-hybridized carbons (Fsp3) is 0.545. The fourth-order valence-electron chi connectivity index (χ4n) is 2.18. The maximum Gasteiger partial charge on any atom is 0.0979 e. The van der Waals surface area contributed by atoms with Gasteiger partial charge >= 0.3 is 0 Å². The highest BCUT2D eigenvalue weighted by atomic mass is 35.5. The molecule has 0 spiro atoms. The average molecular weight is 276 g/mol. The Morgan fingerprint density at radius 1 is 1.44 bits per heavy atom. The lowest BCUT2D eigenvalue weighted by molar-refractivity contribution is 0.306. The van der Waals surface area contributed by atoms with E-state index in [-0.39, 0.29) is 5.41 Å². The Balaban J connectivity index is 2.61. The van der Waals surface area contributed by atoms with Crippen LogP contribution in [-0.4, -0.2) is 17.2 Å². The van der Waals surface area contributed by atoms with Crippen molar-refractivity contribution in [3.05, 3.63) is 15.5 Å². The van der Waals surface area contributed by atoms with Crippen LogP contribution in [0.1, 0.15) is 31.4 Å². The lowest BCUT2D eigenvalue weighted by atomic mass is 9.75. The van der Waals surface area contributed by atoms with Gasteiger partial charge < -0.3 is 5.21 Å². The molecule has 1 aliphatic carbocycles. The van der Waals surface area contributed by atoms with Crippen LogP contribution in [0.3, 0.4) is 0 Å². The molecule has 2 nitrogen and oxygen atoms in total. The maximum atomic E-state index is 9.14. The van der Waals surface area contributed by atoms with Gasteiger partial charge in [0, 0.05) is 5.56 Å². The smallest absolute Gasteiger partial charge is 0.0979 e. The van der Waals surface area contributed by atoms with Crippen molar-refractivity contribution in [2.75, 3.05) is 6.26 Å². The predicted molar refractivity (Wildman–Crippen MR) is 71.5 cm³/mol. The average Bonchev–Trinajstić information content (AvgIpc) is 2.53. The predicted octanol–water partition coefficient (Wildman–Crippen LogP) is 4.27. The van der Waals surface area contributed by atoms with Crippen LogP contribution >= 0.6 is 34.7 Å². The van der Waals surface area contributed by atoms with Crippen molar-refractivity contribution < 1.29 is 5.21 Å². The first-order valence-corrected chi connectivity index (χ1v) is 7.47. The number of rotatable bonds is 1. The van der Waals surface area contributed by atoms with Crippen LogP contribution in [0, 0.1) is 5.41 Å². The second kappa shape index (κ2) is 4.24. The first kappa shape index (κ1) is 12.3. The van der Waals surface area contributed by atoms with Gasteiger partial charge in [0.25, 0.3) is 0 Å². The summed E-state index contributed by atoms with van der Waals surface area (Å²) in [6, 6.07) is 0. The molecule has 1 aromatic rings. The largest absolute Gasteiger partial charge is 0.411 e. The Bertz CT molecular complexity index is 451. The minimum Gasteiger partial charge on any atom is -0.411 e. The molecule has 0 amide bonds. The van der Waals surface area contributed by atoms with Crippen molar-refractivity contribution in [1.29, 1.82) is 0 Å². The molecule has 0 radical (unpaired) electrons. The Kier molecular flexibility index (Phi) is 3.25. The third-order valence-corrected chi connectivity index (χ3v) is 5.42. The zero-order chi connectivity index (χ0) is 11.9. The molecule has 0 bridgehead atoms. The van der Waals surface area contributed by atoms with E-state index in [4.69, 9.17) is 16.8 Å². The van der Waals surface area contributed by atoms with Gasteiger partial charge in [0.15, 0.2) is 0 Å². The number of thiophene rings is 1. The summed E-state index contributed by atoms with van der Waals surface area (Å²) in [5, 5.41) is 12.6. The Morgan fingerprint density at radius 3 is 2.69 bits per heavy atom. The second-order valence-corrected chi connectivity index (χ2v) is 7.48. The summed E-state index contributed by atoms with van der Waals surface area (Å²) in [6.45, 7) is 4.35. The molecular weight excluding hydrogens is 262 g/mol. The second-order valence-electron chi connectivity index (χ2n) is 4.79. The van der Waals surface area contributed by atoms with E-state index in [0.717, 1.165) is 38.2 Å². The number of oxime groups is 1. The van der Waals surface area contributed by atoms with Crippen LogP contribution in [0.15, 0.2) is 9.36 Å². The monoisotopic (exact) mass is 275 g/mol. The number of hydrogen-bond acceptors (Lipinski definition) is 4. The van der Waals surface area contributed by atoms with E-state index in [1.54, 1.807) is 23.1 Å². The molecule has 1 heterocycles. The molecule has 0 saturated heterocycles. The zero-order valence-electron chi connectivity index (χ0n) is 9.50. The summed E-state index contributed by atoms with van der Waals surface area (Å²) in [5.41, 5.74) is 3.12. The summed E-state index contributed by atoms with van der Waals surface area (Å²) >= 11 is 9.51. The number of fused-ring (bicyclic) bond motifs is 1. The maximum absolute atomic E-state index is 9.14. The minimum atomic E-state index is 0.120. The van der Waals surface area contributed by atoms with Gasteiger partial charge in [-0.25, -0.2) is 0 Å². The van der Waals surface area contributed by atoms with Gasteiger partial charge in [-0.2, -0.15) is 0 Å². The van der Waals surface area contributed by atoms with Crippen molar-refractivity contribution in [3.63, 3.8) is 0 Å². The molecule has 0 aromatic carbocycles. The van der Waals surface area contributed by atoms with Gasteiger partial charge in [0.2, 0.25) is 0 Å². The van der Waals surface area contributed by atoms with Crippen LogP contribution in [0.2, 0.25) is 4.34 Å². The van der Waals surface area contributed by atoms with Crippen molar-refractivity contribution >= 4 is 40.4 Å². The highest BCUT2D eigenvalue weighted by Crippen LogP contribution is 2.46. The molecule has 0 atom stereocenters. The summed E-state index contributed by atoms with van der Waals surface area (Å²) in [6.07, 6.45) is 3.78. The van der Waals surface area contributed by atoms with Crippen molar-refractivity contribution in [1.82, 2.24) is 0 Å². The summed E-state index contributed by atoms with van der Waals surface area (Å²) in [7, 11) is 0. The Morgan fingerprint density at radius 2 is 2.12 bits per heavy atom. The highest BCUT2D eigenvalue weighted by molar-refractivity contribution is 8.00. The molecule has 2 rings (SSSR count). The van der Waals surface area contributed by atoms with Crippen molar-refractivity contribution in [2.45, 2.75) is 30.9 Å². The molecule has 0 fully saturated rings. The van der Waals surface area contributed by atoms with Gasteiger partial charge in [-0.3, -0.25) is 0 Å². The van der Waals surface area contributed by atoms with Crippen molar-refractivity contribution in [3.8, 4) is 0 Å². The molecule has 1 N–H and O–H groups in total. The van der Waals surface area contributed by atoms with E-state index in [1.165, 1.54) is 0 Å². The molecule has 16 heavy (non-hydrogen) atoms. The van der Waals surface area contributed by atoms with Gasteiger partial charge in [-0.1, -0.05) is 30.6 Å². The molecule has 1 aliphatic rings. The normalized spacial score (nSPS) is 21.1. The molecule has 0 aliphatic heterocycles. The Hall–Kier alpha value is -0.190. The lowest BCUT2D eigenvalue weighted by Crippen LogP contribution is -2.27. The zero-order valence-corrected chi connectivity index (χ0v) is 11.9. The van der Waals surface area contributed by atoms with E-state index < -0.39 is 0 Å². The lowest BCUT2D eigenvalue weighted by Gasteiger charge is -2.30. The van der Waals surface area contributed by atoms with E-state index in [1.807, 2.05) is 6.26 Å². The number of hydrogen-bond donors (Lipinski definition) is 1. The summed E-state index contributed by atoms with van der Waals surface area (Å²) < 4.78 is 2.00. The van der Waals surface area contributed by atoms with E-state index in [9.17, 15) is 0 Å². The molecule has 0 unspecified atom stereocenters. The minimum absolute atomic E-state index is 0.120. The molecule has 0 saturated carbocycles. The van der Waals surface area contributed by atoms with Gasteiger partial charge in [0.1, 0.15) is 0 Å². The number of nitrogens with zero attached hydrogens (tertiary/aromatic N) is 1. The third kappa shape index (κ3) is 1.98. The number of thioether (sulfide) groups is 1. The van der Waals surface area contributed by atoms with E-state index in [0.29, 0.717) is 0 Å². The van der Waals surface area contributed by atoms with Crippen LogP contribution in [-0.2, 0) is 6.42 Å². The third-order valence-electron chi connectivity index (χ3n) is 2.82. The highest BCUT2D eigenvalue weighted by Gasteiger charge is 2.34. The van der Waals surface area contributed by atoms with Gasteiger partial charge in [0.05, 0.1) is 14.3 Å². The van der Waals surface area contributed by atoms with Gasteiger partial charge in [-0.15, -0.1) is 23.1 Å². The summed E-state index contributed by atoms with van der Waals surface area (Å²) in [5.74, 6) is 0. The Labute approximate surface area is 109 Å². The summed E-state index contributed by atoms with van der Waals surface area (Å²) in [4.78, 5) is 0. The molecule has 88 valence electrons.